The van der Waals surface area contributed by atoms with Crippen molar-refractivity contribution in [2.75, 3.05) is 18.4 Å². The standard InChI is InChI=1S/C13H22N4OS/c1-9(2)7-11-15-16-12(19-11)14-13(18)17-6-4-5-10(3)8-17/h9-10H,4-8H2,1-3H3,(H,14,16,18). The Morgan fingerprint density at radius 1 is 1.53 bits per heavy atom. The molecule has 0 aliphatic carbocycles. The molecular weight excluding hydrogens is 260 g/mol. The first kappa shape index (κ1) is 14.2. The predicted octanol–water partition coefficient (Wildman–Crippen LogP) is 3.00. The van der Waals surface area contributed by atoms with E-state index in [1.54, 1.807) is 0 Å². The van der Waals surface area contributed by atoms with Crippen LogP contribution in [-0.2, 0) is 6.42 Å². The lowest BCUT2D eigenvalue weighted by Gasteiger charge is -2.30. The van der Waals surface area contributed by atoms with E-state index in [4.69, 9.17) is 0 Å². The Morgan fingerprint density at radius 2 is 2.32 bits per heavy atom. The molecule has 2 rings (SSSR count). The fourth-order valence-corrected chi connectivity index (χ4v) is 3.22. The van der Waals surface area contributed by atoms with Gasteiger partial charge in [0, 0.05) is 19.5 Å². The lowest BCUT2D eigenvalue weighted by atomic mass is 10.0. The van der Waals surface area contributed by atoms with Crippen molar-refractivity contribution in [3.05, 3.63) is 5.01 Å². The topological polar surface area (TPSA) is 58.1 Å². The molecule has 1 aromatic heterocycles. The molecule has 1 fully saturated rings. The molecular formula is C13H22N4OS. The second kappa shape index (κ2) is 6.32. The number of carbonyl (C=O) groups excluding carboxylic acids is 1. The van der Waals surface area contributed by atoms with Gasteiger partial charge in [-0.05, 0) is 24.7 Å². The molecule has 1 saturated heterocycles. The maximum atomic E-state index is 12.1. The van der Waals surface area contributed by atoms with Gasteiger partial charge in [-0.2, -0.15) is 0 Å². The Hall–Kier alpha value is -1.17. The highest BCUT2D eigenvalue weighted by molar-refractivity contribution is 7.15. The number of urea groups is 1. The highest BCUT2D eigenvalue weighted by Gasteiger charge is 2.21. The van der Waals surface area contributed by atoms with Crippen molar-refractivity contribution in [1.82, 2.24) is 15.1 Å². The second-order valence-electron chi connectivity index (χ2n) is 5.72. The largest absolute Gasteiger partial charge is 0.324 e. The van der Waals surface area contributed by atoms with Crippen molar-refractivity contribution in [3.63, 3.8) is 0 Å². The van der Waals surface area contributed by atoms with Gasteiger partial charge < -0.3 is 4.90 Å². The van der Waals surface area contributed by atoms with Gasteiger partial charge in [0.15, 0.2) is 0 Å². The Balaban J connectivity index is 1.89. The third-order valence-corrected chi connectivity index (χ3v) is 4.07. The van der Waals surface area contributed by atoms with Gasteiger partial charge in [-0.15, -0.1) is 10.2 Å². The molecule has 6 heteroatoms. The van der Waals surface area contributed by atoms with Crippen LogP contribution in [0.4, 0.5) is 9.93 Å². The Labute approximate surface area is 118 Å². The number of nitrogens with zero attached hydrogens (tertiary/aromatic N) is 3. The molecule has 0 bridgehead atoms. The highest BCUT2D eigenvalue weighted by Crippen LogP contribution is 2.20. The van der Waals surface area contributed by atoms with Gasteiger partial charge in [-0.1, -0.05) is 32.1 Å². The lowest BCUT2D eigenvalue weighted by molar-refractivity contribution is 0.182. The number of likely N-dealkylation sites (tertiary alicyclic amines) is 1. The summed E-state index contributed by atoms with van der Waals surface area (Å²) in [6, 6.07) is -0.0428. The van der Waals surface area contributed by atoms with Crippen molar-refractivity contribution in [1.29, 1.82) is 0 Å². The first-order valence-corrected chi connectivity index (χ1v) is 7.74. The van der Waals surface area contributed by atoms with E-state index in [1.807, 2.05) is 4.90 Å². The fourth-order valence-electron chi connectivity index (χ4n) is 2.28. The third-order valence-electron chi connectivity index (χ3n) is 3.21. The number of hydrogen-bond acceptors (Lipinski definition) is 4. The van der Waals surface area contributed by atoms with E-state index in [1.165, 1.54) is 17.8 Å². The molecule has 106 valence electrons. The summed E-state index contributed by atoms with van der Waals surface area (Å²) in [5.41, 5.74) is 0. The van der Waals surface area contributed by atoms with E-state index in [0.29, 0.717) is 17.0 Å². The molecule has 1 atom stereocenters. The Kier molecular flexibility index (Phi) is 4.74. The van der Waals surface area contributed by atoms with Crippen LogP contribution in [0, 0.1) is 11.8 Å². The van der Waals surface area contributed by atoms with Crippen LogP contribution in [0.5, 0.6) is 0 Å². The van der Waals surface area contributed by atoms with Crippen LogP contribution < -0.4 is 5.32 Å². The van der Waals surface area contributed by atoms with Gasteiger partial charge in [0.05, 0.1) is 0 Å². The smallest absolute Gasteiger partial charge is 0.323 e. The van der Waals surface area contributed by atoms with Gasteiger partial charge in [-0.3, -0.25) is 5.32 Å². The van der Waals surface area contributed by atoms with Crippen LogP contribution in [-0.4, -0.2) is 34.2 Å². The molecule has 0 saturated carbocycles. The minimum absolute atomic E-state index is 0.0428. The molecule has 2 amide bonds. The van der Waals surface area contributed by atoms with E-state index in [9.17, 15) is 4.79 Å². The van der Waals surface area contributed by atoms with E-state index in [0.717, 1.165) is 30.9 Å². The van der Waals surface area contributed by atoms with Crippen LogP contribution in [0.25, 0.3) is 0 Å². The zero-order valence-electron chi connectivity index (χ0n) is 11.8. The quantitative estimate of drug-likeness (QED) is 0.927. The van der Waals surface area contributed by atoms with Gasteiger partial charge in [0.2, 0.25) is 5.13 Å². The zero-order valence-corrected chi connectivity index (χ0v) is 12.7. The van der Waals surface area contributed by atoms with Crippen molar-refractivity contribution >= 4 is 22.5 Å². The van der Waals surface area contributed by atoms with Crippen molar-refractivity contribution < 1.29 is 4.79 Å². The average Bonchev–Trinajstić information content (AvgIpc) is 2.75. The Bertz CT molecular complexity index is 432. The van der Waals surface area contributed by atoms with Gasteiger partial charge in [0.25, 0.3) is 0 Å². The van der Waals surface area contributed by atoms with E-state index in [2.05, 4.69) is 36.3 Å². The van der Waals surface area contributed by atoms with Gasteiger partial charge in [-0.25, -0.2) is 4.79 Å². The molecule has 19 heavy (non-hydrogen) atoms. The van der Waals surface area contributed by atoms with Crippen molar-refractivity contribution in [2.45, 2.75) is 40.0 Å². The number of rotatable bonds is 3. The molecule has 0 spiro atoms. The number of anilines is 1. The molecule has 2 heterocycles. The number of carbonyl (C=O) groups is 1. The minimum Gasteiger partial charge on any atom is -0.324 e. The van der Waals surface area contributed by atoms with E-state index < -0.39 is 0 Å². The van der Waals surface area contributed by atoms with Gasteiger partial charge >= 0.3 is 6.03 Å². The molecule has 0 radical (unpaired) electrons. The summed E-state index contributed by atoms with van der Waals surface area (Å²) in [6.07, 6.45) is 3.21. The van der Waals surface area contributed by atoms with Crippen LogP contribution in [0.3, 0.4) is 0 Å². The second-order valence-corrected chi connectivity index (χ2v) is 6.78. The van der Waals surface area contributed by atoms with E-state index in [-0.39, 0.29) is 6.03 Å². The zero-order chi connectivity index (χ0) is 13.8. The maximum Gasteiger partial charge on any atom is 0.323 e. The number of amides is 2. The summed E-state index contributed by atoms with van der Waals surface area (Å²) in [6.45, 7) is 8.16. The van der Waals surface area contributed by atoms with Crippen LogP contribution in [0.15, 0.2) is 0 Å². The summed E-state index contributed by atoms with van der Waals surface area (Å²) in [7, 11) is 0. The summed E-state index contributed by atoms with van der Waals surface area (Å²) in [4.78, 5) is 14.0. The average molecular weight is 282 g/mol. The SMILES string of the molecule is CC(C)Cc1nnc(NC(=O)N2CCCC(C)C2)s1. The maximum absolute atomic E-state index is 12.1. The van der Waals surface area contributed by atoms with Crippen LogP contribution in [0.2, 0.25) is 0 Å². The number of nitrogens with one attached hydrogen (secondary N) is 1. The number of piperidine rings is 1. The lowest BCUT2D eigenvalue weighted by Crippen LogP contribution is -2.41. The molecule has 1 unspecified atom stereocenters. The summed E-state index contributed by atoms with van der Waals surface area (Å²) < 4.78 is 0. The molecule has 1 aromatic rings. The fraction of sp³-hybridized carbons (Fsp3) is 0.769. The first-order valence-electron chi connectivity index (χ1n) is 6.93. The summed E-state index contributed by atoms with van der Waals surface area (Å²) in [5.74, 6) is 1.14. The van der Waals surface area contributed by atoms with E-state index >= 15 is 0 Å². The monoisotopic (exact) mass is 282 g/mol. The molecule has 5 nitrogen and oxygen atoms in total. The molecule has 1 aliphatic heterocycles. The third kappa shape index (κ3) is 4.16. The predicted molar refractivity (Wildman–Crippen MR) is 77.4 cm³/mol. The molecule has 0 aromatic carbocycles. The van der Waals surface area contributed by atoms with Gasteiger partial charge in [0.1, 0.15) is 5.01 Å². The van der Waals surface area contributed by atoms with Crippen molar-refractivity contribution in [2.24, 2.45) is 11.8 Å². The number of hydrogen-bond donors (Lipinski definition) is 1. The Morgan fingerprint density at radius 3 is 3.00 bits per heavy atom. The van der Waals surface area contributed by atoms with Crippen LogP contribution in [0.1, 0.15) is 38.6 Å². The summed E-state index contributed by atoms with van der Waals surface area (Å²) >= 11 is 1.47. The molecule has 1 aliphatic rings. The van der Waals surface area contributed by atoms with Crippen LogP contribution >= 0.6 is 11.3 Å². The summed E-state index contributed by atoms with van der Waals surface area (Å²) in [5, 5.41) is 12.6. The molecule has 1 N–H and O–H groups in total. The number of aromatic nitrogens is 2. The normalized spacial score (nSPS) is 19.8. The first-order chi connectivity index (χ1) is 9.04. The van der Waals surface area contributed by atoms with Crippen molar-refractivity contribution in [3.8, 4) is 0 Å². The minimum atomic E-state index is -0.0428. The highest BCUT2D eigenvalue weighted by atomic mass is 32.1.